The van der Waals surface area contributed by atoms with Crippen LogP contribution in [0, 0.1) is 0 Å². The van der Waals surface area contributed by atoms with Gasteiger partial charge < -0.3 is 11.1 Å². The first-order chi connectivity index (χ1) is 9.41. The summed E-state index contributed by atoms with van der Waals surface area (Å²) in [6.07, 6.45) is 20.0. The van der Waals surface area contributed by atoms with Crippen molar-refractivity contribution in [3.05, 3.63) is 0 Å². The van der Waals surface area contributed by atoms with E-state index < -0.39 is 0 Å². The molecule has 0 unspecified atom stereocenters. The van der Waals surface area contributed by atoms with Crippen molar-refractivity contribution in [1.82, 2.24) is 5.32 Å². The Labute approximate surface area is 121 Å². The van der Waals surface area contributed by atoms with Crippen LogP contribution in [0.1, 0.15) is 96.8 Å². The van der Waals surface area contributed by atoms with Gasteiger partial charge in [0.15, 0.2) is 0 Å². The zero-order valence-corrected chi connectivity index (χ0v) is 13.4. The van der Waals surface area contributed by atoms with Gasteiger partial charge >= 0.3 is 0 Å². The normalized spacial score (nSPS) is 11.1. The van der Waals surface area contributed by atoms with Crippen LogP contribution in [0.3, 0.4) is 0 Å². The average molecular weight is 271 g/mol. The van der Waals surface area contributed by atoms with Crippen LogP contribution in [0.15, 0.2) is 0 Å². The number of nitrogens with one attached hydrogen (secondary N) is 1. The smallest absolute Gasteiger partial charge is 0.0428 e. The molecule has 0 aromatic rings. The van der Waals surface area contributed by atoms with Gasteiger partial charge in [0.05, 0.1) is 0 Å². The van der Waals surface area contributed by atoms with Gasteiger partial charge in [-0.05, 0) is 13.0 Å². The van der Waals surface area contributed by atoms with Crippen molar-refractivity contribution >= 4 is 0 Å². The van der Waals surface area contributed by atoms with Gasteiger partial charge in [-0.1, -0.05) is 90.4 Å². The Bertz CT molecular complexity index is 132. The van der Waals surface area contributed by atoms with Crippen molar-refractivity contribution in [3.8, 4) is 0 Å². The summed E-state index contributed by atoms with van der Waals surface area (Å²) in [5.41, 5.74) is 5.37. The fraction of sp³-hybridized carbons (Fsp3) is 1.00. The molecule has 2 heteroatoms. The minimum Gasteiger partial charge on any atom is -0.318 e. The van der Waals surface area contributed by atoms with Gasteiger partial charge in [-0.2, -0.15) is 0 Å². The molecule has 0 saturated heterocycles. The Kier molecular flexibility index (Phi) is 17.8. The summed E-state index contributed by atoms with van der Waals surface area (Å²) in [4.78, 5) is 0. The summed E-state index contributed by atoms with van der Waals surface area (Å²) in [6, 6.07) is 0. The lowest BCUT2D eigenvalue weighted by atomic mass is 10.0. The maximum absolute atomic E-state index is 5.37. The highest BCUT2D eigenvalue weighted by Crippen LogP contribution is 2.12. The monoisotopic (exact) mass is 270 g/mol. The quantitative estimate of drug-likeness (QED) is 0.307. The Morgan fingerprint density at radius 3 is 1.32 bits per heavy atom. The van der Waals surface area contributed by atoms with Gasteiger partial charge in [0.25, 0.3) is 0 Å². The molecule has 2 nitrogen and oxygen atoms in total. The molecule has 0 rings (SSSR count). The highest BCUT2D eigenvalue weighted by atomic mass is 14.9. The maximum Gasteiger partial charge on any atom is 0.0428 e. The highest BCUT2D eigenvalue weighted by Gasteiger charge is 1.93. The SMILES string of the molecule is CCCCCCCCCCCCCCCCNCN. The topological polar surface area (TPSA) is 38.0 Å². The van der Waals surface area contributed by atoms with E-state index in [0.717, 1.165) is 6.54 Å². The van der Waals surface area contributed by atoms with Crippen LogP contribution in [0.5, 0.6) is 0 Å². The molecule has 3 N–H and O–H groups in total. The second-order valence-electron chi connectivity index (χ2n) is 5.80. The van der Waals surface area contributed by atoms with Crippen molar-refractivity contribution in [1.29, 1.82) is 0 Å². The Morgan fingerprint density at radius 2 is 0.947 bits per heavy atom. The molecule has 0 aromatic carbocycles. The lowest BCUT2D eigenvalue weighted by Crippen LogP contribution is -2.23. The molecule has 0 fully saturated rings. The minimum atomic E-state index is 0.623. The minimum absolute atomic E-state index is 0.623. The van der Waals surface area contributed by atoms with Crippen LogP contribution < -0.4 is 11.1 Å². The molecule has 0 heterocycles. The predicted molar refractivity (Wildman–Crippen MR) is 87.4 cm³/mol. The third-order valence-corrected chi connectivity index (χ3v) is 3.85. The average Bonchev–Trinajstić information content (AvgIpc) is 2.43. The van der Waals surface area contributed by atoms with E-state index >= 15 is 0 Å². The van der Waals surface area contributed by atoms with E-state index in [4.69, 9.17) is 5.73 Å². The fourth-order valence-corrected chi connectivity index (χ4v) is 2.55. The summed E-state index contributed by atoms with van der Waals surface area (Å²) in [6.45, 7) is 4.00. The van der Waals surface area contributed by atoms with Gasteiger partial charge in [-0.25, -0.2) is 0 Å². The Balaban J connectivity index is 2.88. The molecule has 19 heavy (non-hydrogen) atoms. The van der Waals surface area contributed by atoms with Crippen molar-refractivity contribution in [2.45, 2.75) is 96.8 Å². The van der Waals surface area contributed by atoms with Crippen LogP contribution in [0.4, 0.5) is 0 Å². The van der Waals surface area contributed by atoms with Gasteiger partial charge in [-0.15, -0.1) is 0 Å². The molecule has 0 aromatic heterocycles. The molecular weight excluding hydrogens is 232 g/mol. The largest absolute Gasteiger partial charge is 0.318 e. The van der Waals surface area contributed by atoms with Crippen molar-refractivity contribution in [2.75, 3.05) is 13.2 Å². The molecule has 0 amide bonds. The summed E-state index contributed by atoms with van der Waals surface area (Å²) in [5.74, 6) is 0. The second-order valence-corrected chi connectivity index (χ2v) is 5.80. The van der Waals surface area contributed by atoms with Gasteiger partial charge in [0.2, 0.25) is 0 Å². The van der Waals surface area contributed by atoms with Gasteiger partial charge in [0, 0.05) is 6.67 Å². The molecule has 0 atom stereocenters. The van der Waals surface area contributed by atoms with Gasteiger partial charge in [0.1, 0.15) is 0 Å². The molecule has 0 bridgehead atoms. The van der Waals surface area contributed by atoms with E-state index in [1.807, 2.05) is 0 Å². The fourth-order valence-electron chi connectivity index (χ4n) is 2.55. The second kappa shape index (κ2) is 17.9. The van der Waals surface area contributed by atoms with E-state index in [-0.39, 0.29) is 0 Å². The molecule has 0 aliphatic rings. The number of hydrogen-bond donors (Lipinski definition) is 2. The number of nitrogens with two attached hydrogens (primary N) is 1. The van der Waals surface area contributed by atoms with E-state index in [9.17, 15) is 0 Å². The molecule has 116 valence electrons. The van der Waals surface area contributed by atoms with Crippen LogP contribution in [0.2, 0.25) is 0 Å². The zero-order valence-electron chi connectivity index (χ0n) is 13.4. The number of rotatable bonds is 16. The maximum atomic E-state index is 5.37. The zero-order chi connectivity index (χ0) is 14.0. The molecule has 0 aliphatic carbocycles. The van der Waals surface area contributed by atoms with Crippen LogP contribution in [-0.2, 0) is 0 Å². The van der Waals surface area contributed by atoms with Crippen LogP contribution in [0.25, 0.3) is 0 Å². The first-order valence-corrected chi connectivity index (χ1v) is 8.82. The van der Waals surface area contributed by atoms with Crippen molar-refractivity contribution in [2.24, 2.45) is 5.73 Å². The van der Waals surface area contributed by atoms with Crippen LogP contribution >= 0.6 is 0 Å². The van der Waals surface area contributed by atoms with E-state index in [1.54, 1.807) is 0 Å². The highest BCUT2D eigenvalue weighted by molar-refractivity contribution is 4.50. The Morgan fingerprint density at radius 1 is 0.579 bits per heavy atom. The predicted octanol–water partition coefficient (Wildman–Crippen LogP) is 4.97. The molecule has 0 radical (unpaired) electrons. The molecule has 0 saturated carbocycles. The molecule has 0 spiro atoms. The third-order valence-electron chi connectivity index (χ3n) is 3.85. The molecular formula is C17H38N2. The summed E-state index contributed by atoms with van der Waals surface area (Å²) >= 11 is 0. The van der Waals surface area contributed by atoms with Crippen molar-refractivity contribution in [3.63, 3.8) is 0 Å². The lowest BCUT2D eigenvalue weighted by molar-refractivity contribution is 0.530. The number of unbranched alkanes of at least 4 members (excludes halogenated alkanes) is 13. The van der Waals surface area contributed by atoms with Crippen molar-refractivity contribution < 1.29 is 0 Å². The third kappa shape index (κ3) is 17.9. The van der Waals surface area contributed by atoms with E-state index in [0.29, 0.717) is 6.67 Å². The standard InChI is InChI=1S/C17H38N2/c1-2-3-4-5-6-7-8-9-10-11-12-13-14-15-16-19-17-18/h19H,2-18H2,1H3. The summed E-state index contributed by atoms with van der Waals surface area (Å²) in [7, 11) is 0. The first kappa shape index (κ1) is 18.9. The number of hydrogen-bond acceptors (Lipinski definition) is 2. The lowest BCUT2D eigenvalue weighted by Gasteiger charge is -2.03. The van der Waals surface area contributed by atoms with Crippen LogP contribution in [-0.4, -0.2) is 13.2 Å². The van der Waals surface area contributed by atoms with E-state index in [1.165, 1.54) is 89.9 Å². The summed E-state index contributed by atoms with van der Waals surface area (Å²) < 4.78 is 0. The van der Waals surface area contributed by atoms with Gasteiger partial charge in [-0.3, -0.25) is 0 Å². The Hall–Kier alpha value is -0.0800. The summed E-state index contributed by atoms with van der Waals surface area (Å²) in [5, 5.41) is 3.17. The first-order valence-electron chi connectivity index (χ1n) is 8.82. The molecule has 0 aliphatic heterocycles. The van der Waals surface area contributed by atoms with E-state index in [2.05, 4.69) is 12.2 Å².